The molecule has 1 aromatic heterocycles. The highest BCUT2D eigenvalue weighted by molar-refractivity contribution is 6.02. The summed E-state index contributed by atoms with van der Waals surface area (Å²) < 4.78 is 0. The van der Waals surface area contributed by atoms with Gasteiger partial charge < -0.3 is 15.2 Å². The summed E-state index contributed by atoms with van der Waals surface area (Å²) in [6.45, 7) is 7.19. The first-order chi connectivity index (χ1) is 9.40. The normalized spacial score (nSPS) is 17.2. The number of likely N-dealkylation sites (tertiary alicyclic amines) is 1. The molecule has 0 radical (unpaired) electrons. The minimum absolute atomic E-state index is 0.00501. The maximum absolute atomic E-state index is 12.3. The number of hydrogen-bond donors (Lipinski definition) is 2. The van der Waals surface area contributed by atoms with Crippen LogP contribution >= 0.6 is 0 Å². The van der Waals surface area contributed by atoms with Gasteiger partial charge in [-0.05, 0) is 59.3 Å². The molecule has 0 aliphatic carbocycles. The summed E-state index contributed by atoms with van der Waals surface area (Å²) in [6.07, 6.45) is 1.95. The van der Waals surface area contributed by atoms with Crippen molar-refractivity contribution < 1.29 is 9.59 Å². The van der Waals surface area contributed by atoms with E-state index in [-0.39, 0.29) is 17.7 Å². The molecule has 0 aromatic carbocycles. The summed E-state index contributed by atoms with van der Waals surface area (Å²) in [5.41, 5.74) is 2.68. The number of carbonyl (C=O) groups excluding carboxylic acids is 2. The highest BCUT2D eigenvalue weighted by Gasteiger charge is 2.23. The Kier molecular flexibility index (Phi) is 4.28. The topological polar surface area (TPSA) is 65.2 Å². The molecule has 2 N–H and O–H groups in total. The molecule has 1 aliphatic rings. The first-order valence-electron chi connectivity index (χ1n) is 7.09. The number of nitrogens with zero attached hydrogens (tertiary/aromatic N) is 1. The molecule has 2 rings (SSSR count). The van der Waals surface area contributed by atoms with Crippen molar-refractivity contribution in [1.29, 1.82) is 0 Å². The van der Waals surface area contributed by atoms with Gasteiger partial charge in [0.1, 0.15) is 5.69 Å². The monoisotopic (exact) mass is 277 g/mol. The number of aromatic amines is 1. The van der Waals surface area contributed by atoms with Crippen LogP contribution in [0, 0.1) is 13.8 Å². The lowest BCUT2D eigenvalue weighted by atomic mass is 10.0. The average Bonchev–Trinajstić information content (AvgIpc) is 2.67. The summed E-state index contributed by atoms with van der Waals surface area (Å²) in [4.78, 5) is 29.2. The van der Waals surface area contributed by atoms with Crippen LogP contribution in [-0.4, -0.2) is 47.8 Å². The molecule has 5 nitrogen and oxygen atoms in total. The fraction of sp³-hybridized carbons (Fsp3) is 0.600. The molecule has 0 saturated carbocycles. The molecule has 0 bridgehead atoms. The Balaban J connectivity index is 2.10. The third kappa shape index (κ3) is 2.93. The Labute approximate surface area is 119 Å². The maximum Gasteiger partial charge on any atom is 0.268 e. The van der Waals surface area contributed by atoms with Crippen molar-refractivity contribution in [2.75, 3.05) is 20.1 Å². The fourth-order valence-electron chi connectivity index (χ4n) is 2.92. The predicted octanol–water partition coefficient (Wildman–Crippen LogP) is 1.66. The molecule has 1 fully saturated rings. The molecule has 2 heterocycles. The number of hydrogen-bond acceptors (Lipinski definition) is 3. The van der Waals surface area contributed by atoms with Gasteiger partial charge in [-0.3, -0.25) is 9.59 Å². The largest absolute Gasteiger partial charge is 0.354 e. The molecular formula is C15H23N3O2. The molecule has 1 amide bonds. The Morgan fingerprint density at radius 2 is 1.85 bits per heavy atom. The summed E-state index contributed by atoms with van der Waals surface area (Å²) in [6, 6.07) is 0.225. The van der Waals surface area contributed by atoms with Crippen LogP contribution in [0.15, 0.2) is 0 Å². The summed E-state index contributed by atoms with van der Waals surface area (Å²) in [5, 5.41) is 3.07. The van der Waals surface area contributed by atoms with Gasteiger partial charge in [-0.25, -0.2) is 0 Å². The zero-order valence-corrected chi connectivity index (χ0v) is 12.7. The van der Waals surface area contributed by atoms with Crippen molar-refractivity contribution in [2.45, 2.75) is 39.7 Å². The maximum atomic E-state index is 12.3. The standard InChI is InChI=1S/C15H23N3O2/c1-9-13(11(3)19)10(2)16-14(9)15(20)17-12-5-7-18(4)8-6-12/h12,16H,5-8H2,1-4H3,(H,17,20). The molecule has 20 heavy (non-hydrogen) atoms. The Morgan fingerprint density at radius 3 is 2.35 bits per heavy atom. The third-order valence-electron chi connectivity index (χ3n) is 4.07. The van der Waals surface area contributed by atoms with E-state index < -0.39 is 0 Å². The van der Waals surface area contributed by atoms with E-state index in [1.807, 2.05) is 13.8 Å². The number of rotatable bonds is 3. The third-order valence-corrected chi connectivity index (χ3v) is 4.07. The highest BCUT2D eigenvalue weighted by Crippen LogP contribution is 2.19. The predicted molar refractivity (Wildman–Crippen MR) is 78.3 cm³/mol. The van der Waals surface area contributed by atoms with Crippen LogP contribution in [0.25, 0.3) is 0 Å². The van der Waals surface area contributed by atoms with Crippen LogP contribution in [0.5, 0.6) is 0 Å². The number of nitrogens with one attached hydrogen (secondary N) is 2. The number of piperidine rings is 1. The number of carbonyl (C=O) groups is 2. The second-order valence-corrected chi connectivity index (χ2v) is 5.73. The summed E-state index contributed by atoms with van der Waals surface area (Å²) in [7, 11) is 2.09. The lowest BCUT2D eigenvalue weighted by Gasteiger charge is -2.29. The van der Waals surface area contributed by atoms with Gasteiger partial charge in [0.25, 0.3) is 5.91 Å². The molecule has 1 saturated heterocycles. The molecule has 5 heteroatoms. The molecule has 0 spiro atoms. The van der Waals surface area contributed by atoms with E-state index in [2.05, 4.69) is 22.2 Å². The minimum atomic E-state index is -0.104. The van der Waals surface area contributed by atoms with E-state index in [0.717, 1.165) is 37.2 Å². The van der Waals surface area contributed by atoms with Crippen molar-refractivity contribution >= 4 is 11.7 Å². The molecule has 1 aliphatic heterocycles. The Bertz CT molecular complexity index is 525. The van der Waals surface area contributed by atoms with Gasteiger partial charge >= 0.3 is 0 Å². The number of ketones is 1. The van der Waals surface area contributed by atoms with Gasteiger partial charge in [0.05, 0.1) is 0 Å². The Hall–Kier alpha value is -1.62. The highest BCUT2D eigenvalue weighted by atomic mass is 16.2. The van der Waals surface area contributed by atoms with Crippen LogP contribution in [0.4, 0.5) is 0 Å². The molecule has 0 atom stereocenters. The SMILES string of the molecule is CC(=O)c1c(C)[nH]c(C(=O)NC2CCN(C)CC2)c1C. The van der Waals surface area contributed by atoms with Gasteiger partial charge in [0, 0.05) is 17.3 Å². The van der Waals surface area contributed by atoms with Gasteiger partial charge in [-0.2, -0.15) is 0 Å². The summed E-state index contributed by atoms with van der Waals surface area (Å²) >= 11 is 0. The number of Topliss-reactive ketones (excluding diaryl/α,β-unsaturated/α-hetero) is 1. The van der Waals surface area contributed by atoms with Crippen molar-refractivity contribution in [2.24, 2.45) is 0 Å². The van der Waals surface area contributed by atoms with Crippen molar-refractivity contribution in [1.82, 2.24) is 15.2 Å². The number of H-pyrrole nitrogens is 1. The van der Waals surface area contributed by atoms with Crippen molar-refractivity contribution in [3.63, 3.8) is 0 Å². The average molecular weight is 277 g/mol. The Morgan fingerprint density at radius 1 is 1.25 bits per heavy atom. The molecule has 0 unspecified atom stereocenters. The number of amides is 1. The summed E-state index contributed by atoms with van der Waals surface area (Å²) in [5.74, 6) is -0.109. The van der Waals surface area contributed by atoms with E-state index in [1.54, 1.807) is 0 Å². The van der Waals surface area contributed by atoms with Crippen LogP contribution in [0.3, 0.4) is 0 Å². The van der Waals surface area contributed by atoms with Crippen LogP contribution in [0.2, 0.25) is 0 Å². The van der Waals surface area contributed by atoms with E-state index in [9.17, 15) is 9.59 Å². The quantitative estimate of drug-likeness (QED) is 0.826. The molecular weight excluding hydrogens is 254 g/mol. The van der Waals surface area contributed by atoms with Gasteiger partial charge in [-0.1, -0.05) is 0 Å². The fourth-order valence-corrected chi connectivity index (χ4v) is 2.92. The second-order valence-electron chi connectivity index (χ2n) is 5.73. The lowest BCUT2D eigenvalue weighted by Crippen LogP contribution is -2.43. The number of aryl methyl sites for hydroxylation is 1. The molecule has 1 aromatic rings. The van der Waals surface area contributed by atoms with E-state index >= 15 is 0 Å². The first kappa shape index (κ1) is 14.8. The van der Waals surface area contributed by atoms with Crippen LogP contribution in [-0.2, 0) is 0 Å². The zero-order chi connectivity index (χ0) is 14.9. The smallest absolute Gasteiger partial charge is 0.268 e. The van der Waals surface area contributed by atoms with Gasteiger partial charge in [0.15, 0.2) is 5.78 Å². The zero-order valence-electron chi connectivity index (χ0n) is 12.7. The van der Waals surface area contributed by atoms with Gasteiger partial charge in [0.2, 0.25) is 0 Å². The second kappa shape index (κ2) is 5.79. The van der Waals surface area contributed by atoms with Crippen molar-refractivity contribution in [3.05, 3.63) is 22.5 Å². The first-order valence-corrected chi connectivity index (χ1v) is 7.09. The lowest BCUT2D eigenvalue weighted by molar-refractivity contribution is 0.0911. The van der Waals surface area contributed by atoms with E-state index in [4.69, 9.17) is 0 Å². The molecule has 110 valence electrons. The van der Waals surface area contributed by atoms with Crippen LogP contribution < -0.4 is 5.32 Å². The van der Waals surface area contributed by atoms with E-state index in [1.165, 1.54) is 6.92 Å². The minimum Gasteiger partial charge on any atom is -0.354 e. The van der Waals surface area contributed by atoms with Crippen molar-refractivity contribution in [3.8, 4) is 0 Å². The van der Waals surface area contributed by atoms with Gasteiger partial charge in [-0.15, -0.1) is 0 Å². The number of aromatic nitrogens is 1. The van der Waals surface area contributed by atoms with Crippen LogP contribution in [0.1, 0.15) is 51.9 Å². The van der Waals surface area contributed by atoms with E-state index in [0.29, 0.717) is 11.3 Å².